The second kappa shape index (κ2) is 6.42. The van der Waals surface area contributed by atoms with Crippen molar-refractivity contribution in [3.05, 3.63) is 41.3 Å². The molecule has 0 radical (unpaired) electrons. The van der Waals surface area contributed by atoms with Crippen LogP contribution in [0.25, 0.3) is 0 Å². The maximum atomic E-state index is 2.57. The molecule has 0 bridgehead atoms. The lowest BCUT2D eigenvalue weighted by Crippen LogP contribution is -2.29. The number of thiophene rings is 1. The first kappa shape index (κ1) is 14.9. The molecule has 0 spiro atoms. The van der Waals surface area contributed by atoms with Gasteiger partial charge in [-0.25, -0.2) is 0 Å². The fraction of sp³-hybridized carbons (Fsp3) is 0.412. The Bertz CT molecular complexity index is 606. The number of nitrogens with zero attached hydrogens (tertiary/aromatic N) is 2. The molecule has 0 fully saturated rings. The zero-order chi connectivity index (χ0) is 14.8. The maximum absolute atomic E-state index is 2.57. The number of rotatable bonds is 4. The lowest BCUT2D eigenvalue weighted by Gasteiger charge is -2.31. The molecule has 3 rings (SSSR count). The van der Waals surface area contributed by atoms with Gasteiger partial charge in [0.15, 0.2) is 0 Å². The third-order valence-corrected chi connectivity index (χ3v) is 6.20. The van der Waals surface area contributed by atoms with E-state index in [1.165, 1.54) is 26.8 Å². The molecule has 1 aliphatic heterocycles. The first-order valence-electron chi connectivity index (χ1n) is 7.42. The van der Waals surface area contributed by atoms with Crippen LogP contribution in [0.4, 0.5) is 5.69 Å². The highest BCUT2D eigenvalue weighted by Crippen LogP contribution is 2.47. The highest BCUT2D eigenvalue weighted by Gasteiger charge is 2.26. The molecule has 0 aliphatic carbocycles. The summed E-state index contributed by atoms with van der Waals surface area (Å²) in [6, 6.07) is 11.6. The second-order valence-electron chi connectivity index (χ2n) is 5.76. The predicted octanol–water partition coefficient (Wildman–Crippen LogP) is 4.73. The van der Waals surface area contributed by atoms with E-state index in [-0.39, 0.29) is 0 Å². The van der Waals surface area contributed by atoms with Crippen LogP contribution in [-0.4, -0.2) is 32.1 Å². The minimum absolute atomic E-state index is 0.449. The molecule has 1 aromatic heterocycles. The highest BCUT2D eigenvalue weighted by atomic mass is 32.2. The molecule has 2 nitrogen and oxygen atoms in total. The van der Waals surface area contributed by atoms with Gasteiger partial charge in [-0.15, -0.1) is 11.3 Å². The number of fused-ring (bicyclic) bond motifs is 2. The van der Waals surface area contributed by atoms with Crippen LogP contribution in [0, 0.1) is 0 Å². The molecule has 112 valence electrons. The third kappa shape index (κ3) is 3.12. The van der Waals surface area contributed by atoms with E-state index >= 15 is 0 Å². The van der Waals surface area contributed by atoms with Gasteiger partial charge in [0.2, 0.25) is 0 Å². The van der Waals surface area contributed by atoms with Crippen molar-refractivity contribution in [2.75, 3.05) is 32.1 Å². The van der Waals surface area contributed by atoms with Crippen molar-refractivity contribution in [3.8, 4) is 0 Å². The maximum Gasteiger partial charge on any atom is 0.0699 e. The number of hydrogen-bond donors (Lipinski definition) is 0. The molecule has 1 aromatic carbocycles. The van der Waals surface area contributed by atoms with E-state index in [0.717, 1.165) is 13.1 Å². The Morgan fingerprint density at radius 1 is 1.19 bits per heavy atom. The largest absolute Gasteiger partial charge is 0.364 e. The van der Waals surface area contributed by atoms with Gasteiger partial charge in [0.25, 0.3) is 0 Å². The zero-order valence-corrected chi connectivity index (χ0v) is 14.5. The van der Waals surface area contributed by atoms with Crippen LogP contribution in [-0.2, 0) is 0 Å². The van der Waals surface area contributed by atoms with Crippen LogP contribution in [0.3, 0.4) is 0 Å². The quantitative estimate of drug-likeness (QED) is 0.804. The topological polar surface area (TPSA) is 6.48 Å². The normalized spacial score (nSPS) is 17.5. The van der Waals surface area contributed by atoms with Gasteiger partial charge in [0.05, 0.1) is 15.9 Å². The molecule has 0 N–H and O–H groups in total. The highest BCUT2D eigenvalue weighted by molar-refractivity contribution is 8.01. The number of para-hydroxylation sites is 1. The van der Waals surface area contributed by atoms with Crippen molar-refractivity contribution in [1.29, 1.82) is 0 Å². The third-order valence-electron chi connectivity index (χ3n) is 3.96. The molecular weight excluding hydrogens is 296 g/mol. The van der Waals surface area contributed by atoms with Gasteiger partial charge < -0.3 is 9.80 Å². The Kier molecular flexibility index (Phi) is 4.57. The SMILES string of the molecule is C[C@H]1c2ccsc2Sc2ccccc2N1CCCN(C)C. The first-order valence-corrected chi connectivity index (χ1v) is 9.12. The molecule has 0 saturated heterocycles. The smallest absolute Gasteiger partial charge is 0.0699 e. The molecule has 0 amide bonds. The fourth-order valence-electron chi connectivity index (χ4n) is 2.83. The molecule has 0 unspecified atom stereocenters. The summed E-state index contributed by atoms with van der Waals surface area (Å²) >= 11 is 3.79. The number of hydrogen-bond acceptors (Lipinski definition) is 4. The van der Waals surface area contributed by atoms with Gasteiger partial charge in [-0.05, 0) is 63.1 Å². The Hall–Kier alpha value is -0.970. The van der Waals surface area contributed by atoms with Gasteiger partial charge in [-0.2, -0.15) is 0 Å². The van der Waals surface area contributed by atoms with Crippen molar-refractivity contribution < 1.29 is 0 Å². The fourth-order valence-corrected chi connectivity index (χ4v) is 5.16. The van der Waals surface area contributed by atoms with Gasteiger partial charge in [0, 0.05) is 11.4 Å². The van der Waals surface area contributed by atoms with Crippen LogP contribution in [0.2, 0.25) is 0 Å². The molecule has 1 aliphatic rings. The van der Waals surface area contributed by atoms with Crippen LogP contribution in [0.5, 0.6) is 0 Å². The van der Waals surface area contributed by atoms with Gasteiger partial charge >= 0.3 is 0 Å². The van der Waals surface area contributed by atoms with E-state index < -0.39 is 0 Å². The summed E-state index contributed by atoms with van der Waals surface area (Å²) in [7, 11) is 4.29. The summed E-state index contributed by atoms with van der Waals surface area (Å²) < 4.78 is 1.45. The Morgan fingerprint density at radius 2 is 2.00 bits per heavy atom. The van der Waals surface area contributed by atoms with Crippen molar-refractivity contribution >= 4 is 28.8 Å². The predicted molar refractivity (Wildman–Crippen MR) is 93.8 cm³/mol. The molecule has 21 heavy (non-hydrogen) atoms. The van der Waals surface area contributed by atoms with E-state index in [2.05, 4.69) is 66.5 Å². The molecule has 1 atom stereocenters. The minimum atomic E-state index is 0.449. The summed E-state index contributed by atoms with van der Waals surface area (Å²) in [5, 5.41) is 2.22. The average molecular weight is 319 g/mol. The van der Waals surface area contributed by atoms with Crippen molar-refractivity contribution in [3.63, 3.8) is 0 Å². The summed E-state index contributed by atoms with van der Waals surface area (Å²) in [6.45, 7) is 4.57. The minimum Gasteiger partial charge on any atom is -0.364 e. The van der Waals surface area contributed by atoms with Crippen molar-refractivity contribution in [2.24, 2.45) is 0 Å². The summed E-state index contributed by atoms with van der Waals surface area (Å²) in [4.78, 5) is 6.22. The van der Waals surface area contributed by atoms with Crippen LogP contribution in [0.1, 0.15) is 24.9 Å². The Morgan fingerprint density at radius 3 is 2.81 bits per heavy atom. The van der Waals surface area contributed by atoms with E-state index in [1.807, 2.05) is 23.1 Å². The van der Waals surface area contributed by atoms with Crippen LogP contribution < -0.4 is 4.90 Å². The van der Waals surface area contributed by atoms with E-state index in [9.17, 15) is 0 Å². The monoisotopic (exact) mass is 318 g/mol. The molecular formula is C17H22N2S2. The van der Waals surface area contributed by atoms with Gasteiger partial charge in [0.1, 0.15) is 0 Å². The average Bonchev–Trinajstić information content (AvgIpc) is 2.88. The molecule has 4 heteroatoms. The molecule has 0 saturated carbocycles. The van der Waals surface area contributed by atoms with E-state index in [4.69, 9.17) is 0 Å². The lowest BCUT2D eigenvalue weighted by atomic mass is 10.1. The van der Waals surface area contributed by atoms with E-state index in [0.29, 0.717) is 6.04 Å². The van der Waals surface area contributed by atoms with Crippen LogP contribution in [0.15, 0.2) is 44.8 Å². The summed E-state index contributed by atoms with van der Waals surface area (Å²) in [5.41, 5.74) is 2.86. The number of anilines is 1. The molecule has 2 aromatic rings. The first-order chi connectivity index (χ1) is 10.2. The van der Waals surface area contributed by atoms with Crippen LogP contribution >= 0.6 is 23.1 Å². The van der Waals surface area contributed by atoms with Gasteiger partial charge in [-0.1, -0.05) is 23.9 Å². The summed E-state index contributed by atoms with van der Waals surface area (Å²) in [5.74, 6) is 0. The lowest BCUT2D eigenvalue weighted by molar-refractivity contribution is 0.397. The van der Waals surface area contributed by atoms with E-state index in [1.54, 1.807) is 0 Å². The Balaban J connectivity index is 1.92. The standard InChI is InChI=1S/C17H22N2S2/c1-13-14-9-12-20-17(14)21-16-8-5-4-7-15(16)19(13)11-6-10-18(2)3/h4-5,7-9,12-13H,6,10-11H2,1-3H3/t13-/m0/s1. The van der Waals surface area contributed by atoms with Gasteiger partial charge in [-0.3, -0.25) is 0 Å². The Labute approximate surface area is 135 Å². The second-order valence-corrected chi connectivity index (χ2v) is 7.99. The number of benzene rings is 1. The summed E-state index contributed by atoms with van der Waals surface area (Å²) in [6.07, 6.45) is 1.19. The van der Waals surface area contributed by atoms with Crippen molar-refractivity contribution in [2.45, 2.75) is 28.5 Å². The zero-order valence-electron chi connectivity index (χ0n) is 12.9. The van der Waals surface area contributed by atoms with Crippen molar-refractivity contribution in [1.82, 2.24) is 4.90 Å². The molecule has 2 heterocycles.